The summed E-state index contributed by atoms with van der Waals surface area (Å²) >= 11 is 0. The van der Waals surface area contributed by atoms with Gasteiger partial charge in [-0.15, -0.1) is 0 Å². The second kappa shape index (κ2) is 9.31. The molecule has 1 unspecified atom stereocenters. The minimum Gasteiger partial charge on any atom is -0.344 e. The van der Waals surface area contributed by atoms with E-state index in [2.05, 4.69) is 15.6 Å². The zero-order valence-corrected chi connectivity index (χ0v) is 17.2. The minimum absolute atomic E-state index is 0.00247. The SMILES string of the molecule is C[C@H](NC(=O)C1CCCN(S(=O)(=O)c2ccc(F)cc2)C1)C(=O)Nc1cccnc1. The maximum atomic E-state index is 13.1. The van der Waals surface area contributed by atoms with E-state index in [-0.39, 0.29) is 23.9 Å². The van der Waals surface area contributed by atoms with Crippen molar-refractivity contribution < 1.29 is 22.4 Å². The van der Waals surface area contributed by atoms with Crippen LogP contribution in [0.15, 0.2) is 53.7 Å². The summed E-state index contributed by atoms with van der Waals surface area (Å²) < 4.78 is 39.9. The molecular formula is C20H23FN4O4S. The molecule has 0 radical (unpaired) electrons. The average molecular weight is 434 g/mol. The van der Waals surface area contributed by atoms with Gasteiger partial charge in [0.2, 0.25) is 21.8 Å². The number of carbonyl (C=O) groups excluding carboxylic acids is 2. The van der Waals surface area contributed by atoms with E-state index in [0.717, 1.165) is 12.1 Å². The third kappa shape index (κ3) is 5.19. The van der Waals surface area contributed by atoms with E-state index in [9.17, 15) is 22.4 Å². The summed E-state index contributed by atoms with van der Waals surface area (Å²) in [5.74, 6) is -1.89. The van der Waals surface area contributed by atoms with Gasteiger partial charge in [-0.05, 0) is 56.2 Å². The van der Waals surface area contributed by atoms with E-state index in [1.165, 1.54) is 22.6 Å². The number of nitrogens with zero attached hydrogens (tertiary/aromatic N) is 2. The molecule has 160 valence electrons. The molecular weight excluding hydrogens is 411 g/mol. The summed E-state index contributed by atoms with van der Waals surface area (Å²) in [6.45, 7) is 1.84. The Balaban J connectivity index is 1.61. The first-order valence-electron chi connectivity index (χ1n) is 9.54. The number of rotatable bonds is 6. The Bertz CT molecular complexity index is 999. The van der Waals surface area contributed by atoms with Crippen LogP contribution in [0, 0.1) is 11.7 Å². The van der Waals surface area contributed by atoms with Crippen molar-refractivity contribution >= 4 is 27.5 Å². The highest BCUT2D eigenvalue weighted by molar-refractivity contribution is 7.89. The number of benzene rings is 1. The second-order valence-corrected chi connectivity index (χ2v) is 9.06. The number of amides is 2. The van der Waals surface area contributed by atoms with Gasteiger partial charge in [0.25, 0.3) is 0 Å². The molecule has 2 N–H and O–H groups in total. The molecule has 2 heterocycles. The third-order valence-corrected chi connectivity index (χ3v) is 6.77. The van der Waals surface area contributed by atoms with Crippen LogP contribution >= 0.6 is 0 Å². The molecule has 2 amide bonds. The molecule has 0 spiro atoms. The van der Waals surface area contributed by atoms with Crippen molar-refractivity contribution in [2.45, 2.75) is 30.7 Å². The smallest absolute Gasteiger partial charge is 0.246 e. The lowest BCUT2D eigenvalue weighted by atomic mass is 9.98. The van der Waals surface area contributed by atoms with Crippen LogP contribution in [0.1, 0.15) is 19.8 Å². The van der Waals surface area contributed by atoms with Gasteiger partial charge in [0.1, 0.15) is 11.9 Å². The Kier molecular flexibility index (Phi) is 6.78. The van der Waals surface area contributed by atoms with Crippen LogP contribution in [-0.2, 0) is 19.6 Å². The molecule has 1 fully saturated rings. The lowest BCUT2D eigenvalue weighted by molar-refractivity contribution is -0.129. The fourth-order valence-corrected chi connectivity index (χ4v) is 4.74. The number of piperidine rings is 1. The van der Waals surface area contributed by atoms with Crippen LogP contribution in [0.5, 0.6) is 0 Å². The van der Waals surface area contributed by atoms with Gasteiger partial charge in [0, 0.05) is 19.3 Å². The van der Waals surface area contributed by atoms with E-state index in [0.29, 0.717) is 18.5 Å². The lowest BCUT2D eigenvalue weighted by Crippen LogP contribution is -2.49. The van der Waals surface area contributed by atoms with Crippen LogP contribution in [0.3, 0.4) is 0 Å². The van der Waals surface area contributed by atoms with Gasteiger partial charge in [-0.3, -0.25) is 14.6 Å². The first-order valence-corrected chi connectivity index (χ1v) is 11.0. The number of hydrogen-bond acceptors (Lipinski definition) is 5. The van der Waals surface area contributed by atoms with Gasteiger partial charge < -0.3 is 10.6 Å². The van der Waals surface area contributed by atoms with Gasteiger partial charge in [-0.25, -0.2) is 12.8 Å². The summed E-state index contributed by atoms with van der Waals surface area (Å²) in [5, 5.41) is 5.30. The van der Waals surface area contributed by atoms with Crippen LogP contribution < -0.4 is 10.6 Å². The van der Waals surface area contributed by atoms with E-state index in [1.807, 2.05) is 0 Å². The maximum Gasteiger partial charge on any atom is 0.246 e. The number of pyridine rings is 1. The summed E-state index contributed by atoms with van der Waals surface area (Å²) in [6.07, 6.45) is 4.09. The molecule has 2 atom stereocenters. The van der Waals surface area contributed by atoms with Crippen molar-refractivity contribution in [1.82, 2.24) is 14.6 Å². The predicted octanol–water partition coefficient (Wildman–Crippen LogP) is 1.76. The van der Waals surface area contributed by atoms with Crippen molar-refractivity contribution in [2.24, 2.45) is 5.92 Å². The Morgan fingerprint density at radius 3 is 2.63 bits per heavy atom. The molecule has 30 heavy (non-hydrogen) atoms. The molecule has 1 aliphatic rings. The quantitative estimate of drug-likeness (QED) is 0.720. The van der Waals surface area contributed by atoms with Gasteiger partial charge >= 0.3 is 0 Å². The zero-order chi connectivity index (χ0) is 21.7. The number of anilines is 1. The standard InChI is InChI=1S/C20H23FN4O4S/c1-14(19(26)24-17-5-2-10-22-12-17)23-20(27)15-4-3-11-25(13-15)30(28,29)18-8-6-16(21)7-9-18/h2,5-10,12,14-15H,3-4,11,13H2,1H3,(H,23,27)(H,24,26)/t14-,15?/m0/s1. The largest absolute Gasteiger partial charge is 0.344 e. The second-order valence-electron chi connectivity index (χ2n) is 7.12. The van der Waals surface area contributed by atoms with Crippen molar-refractivity contribution in [3.63, 3.8) is 0 Å². The predicted molar refractivity (Wildman–Crippen MR) is 108 cm³/mol. The normalized spacial score (nSPS) is 18.4. The average Bonchev–Trinajstić information content (AvgIpc) is 2.74. The molecule has 0 bridgehead atoms. The molecule has 8 nitrogen and oxygen atoms in total. The topological polar surface area (TPSA) is 108 Å². The number of halogens is 1. The van der Waals surface area contributed by atoms with Gasteiger partial charge in [-0.2, -0.15) is 4.31 Å². The summed E-state index contributed by atoms with van der Waals surface area (Å²) in [6, 6.07) is 7.14. The summed E-state index contributed by atoms with van der Waals surface area (Å²) in [7, 11) is -3.83. The van der Waals surface area contributed by atoms with E-state index < -0.39 is 33.7 Å². The van der Waals surface area contributed by atoms with Crippen molar-refractivity contribution in [3.8, 4) is 0 Å². The van der Waals surface area contributed by atoms with Crippen molar-refractivity contribution in [2.75, 3.05) is 18.4 Å². The first kappa shape index (κ1) is 21.8. The fourth-order valence-electron chi connectivity index (χ4n) is 3.21. The molecule has 0 saturated carbocycles. The van der Waals surface area contributed by atoms with Gasteiger partial charge in [0.05, 0.1) is 22.7 Å². The highest BCUT2D eigenvalue weighted by Gasteiger charge is 2.34. The number of hydrogen-bond donors (Lipinski definition) is 2. The minimum atomic E-state index is -3.83. The van der Waals surface area contributed by atoms with E-state index in [4.69, 9.17) is 0 Å². The maximum absolute atomic E-state index is 13.1. The lowest BCUT2D eigenvalue weighted by Gasteiger charge is -2.31. The number of aromatic nitrogens is 1. The van der Waals surface area contributed by atoms with Gasteiger partial charge in [-0.1, -0.05) is 0 Å². The Labute approximate surface area is 174 Å². The van der Waals surface area contributed by atoms with Crippen molar-refractivity contribution in [3.05, 3.63) is 54.6 Å². The molecule has 10 heteroatoms. The molecule has 1 saturated heterocycles. The summed E-state index contributed by atoms with van der Waals surface area (Å²) in [4.78, 5) is 28.8. The molecule has 0 aliphatic carbocycles. The Hall–Kier alpha value is -2.85. The van der Waals surface area contributed by atoms with Crippen LogP contribution in [-0.4, -0.2) is 48.7 Å². The monoisotopic (exact) mass is 434 g/mol. The van der Waals surface area contributed by atoms with Gasteiger partial charge in [0.15, 0.2) is 0 Å². The molecule has 1 aromatic heterocycles. The highest BCUT2D eigenvalue weighted by Crippen LogP contribution is 2.24. The van der Waals surface area contributed by atoms with E-state index >= 15 is 0 Å². The van der Waals surface area contributed by atoms with Crippen LogP contribution in [0.2, 0.25) is 0 Å². The molecule has 1 aromatic carbocycles. The van der Waals surface area contributed by atoms with Crippen LogP contribution in [0.25, 0.3) is 0 Å². The Morgan fingerprint density at radius 1 is 1.23 bits per heavy atom. The molecule has 3 rings (SSSR count). The Morgan fingerprint density at radius 2 is 1.97 bits per heavy atom. The number of carbonyl (C=O) groups is 2. The third-order valence-electron chi connectivity index (χ3n) is 4.89. The highest BCUT2D eigenvalue weighted by atomic mass is 32.2. The van der Waals surface area contributed by atoms with Crippen molar-refractivity contribution in [1.29, 1.82) is 0 Å². The summed E-state index contributed by atoms with van der Waals surface area (Å²) in [5.41, 5.74) is 0.512. The molecule has 2 aromatic rings. The number of nitrogens with one attached hydrogen (secondary N) is 2. The van der Waals surface area contributed by atoms with Crippen LogP contribution in [0.4, 0.5) is 10.1 Å². The number of sulfonamides is 1. The van der Waals surface area contributed by atoms with E-state index in [1.54, 1.807) is 25.3 Å². The fraction of sp³-hybridized carbons (Fsp3) is 0.350. The molecule has 1 aliphatic heterocycles. The zero-order valence-electron chi connectivity index (χ0n) is 16.4. The first-order chi connectivity index (χ1) is 14.3.